The number of allylic oxidation sites excluding steroid dienone is 2. The normalized spacial score (nSPS) is 14.5. The molecule has 4 rings (SSSR count). The van der Waals surface area contributed by atoms with Crippen molar-refractivity contribution in [1.29, 1.82) is 0 Å². The molecule has 178 valence electrons. The summed E-state index contributed by atoms with van der Waals surface area (Å²) in [5.41, 5.74) is -0.480. The Bertz CT molecular complexity index is 1390. The van der Waals surface area contributed by atoms with Crippen molar-refractivity contribution < 1.29 is 27.0 Å². The van der Waals surface area contributed by atoms with Crippen LogP contribution in [0.1, 0.15) is 32.4 Å². The average molecular weight is 509 g/mol. The standard InChI is InChI=1S/C22H19ClF2N4O4S/c1-11(12(2)30)17-9-27-18(10-26-17)20-15(24)5-6-16(21(20)25)29-34(31,32)19-7-13(23)8-28-22(19)33-14-3-4-14/h5-10,14,29-30H,3-4H2,1-2H3/b12-11-. The maximum Gasteiger partial charge on any atom is 0.267 e. The first-order valence-corrected chi connectivity index (χ1v) is 11.9. The van der Waals surface area contributed by atoms with Gasteiger partial charge in [0.05, 0.1) is 45.8 Å². The molecule has 0 unspecified atom stereocenters. The molecule has 8 nitrogen and oxygen atoms in total. The maximum atomic E-state index is 15.3. The van der Waals surface area contributed by atoms with Crippen LogP contribution in [0.25, 0.3) is 16.8 Å². The molecule has 3 aromatic rings. The van der Waals surface area contributed by atoms with Crippen LogP contribution in [-0.2, 0) is 10.0 Å². The Labute approximate surface area is 199 Å². The molecular weight excluding hydrogens is 490 g/mol. The summed E-state index contributed by atoms with van der Waals surface area (Å²) in [6, 6.07) is 3.00. The largest absolute Gasteiger partial charge is 0.512 e. The summed E-state index contributed by atoms with van der Waals surface area (Å²) in [5, 5.41) is 9.62. The molecule has 1 fully saturated rings. The van der Waals surface area contributed by atoms with E-state index in [0.717, 1.165) is 37.2 Å². The highest BCUT2D eigenvalue weighted by Gasteiger charge is 2.30. The van der Waals surface area contributed by atoms with Gasteiger partial charge in [0.1, 0.15) is 11.9 Å². The summed E-state index contributed by atoms with van der Waals surface area (Å²) in [4.78, 5) is 11.7. The number of hydrogen-bond donors (Lipinski definition) is 2. The van der Waals surface area contributed by atoms with E-state index in [-0.39, 0.29) is 33.4 Å². The van der Waals surface area contributed by atoms with Crippen LogP contribution in [0.5, 0.6) is 5.88 Å². The molecular formula is C22H19ClF2N4O4S. The minimum absolute atomic E-state index is 0.0244. The number of benzene rings is 1. The predicted molar refractivity (Wildman–Crippen MR) is 122 cm³/mol. The first kappa shape index (κ1) is 23.8. The fraction of sp³-hybridized carbons (Fsp3) is 0.227. The molecule has 1 aliphatic rings. The number of ether oxygens (including phenoxy) is 1. The van der Waals surface area contributed by atoms with Gasteiger partial charge in [-0.3, -0.25) is 14.7 Å². The molecule has 1 aliphatic carbocycles. The van der Waals surface area contributed by atoms with Crippen LogP contribution in [0.2, 0.25) is 5.02 Å². The number of aliphatic hydroxyl groups is 1. The number of rotatable bonds is 7. The Morgan fingerprint density at radius 2 is 1.88 bits per heavy atom. The molecule has 0 amide bonds. The van der Waals surface area contributed by atoms with Crippen molar-refractivity contribution in [2.45, 2.75) is 37.7 Å². The van der Waals surface area contributed by atoms with Crippen LogP contribution in [0.3, 0.4) is 0 Å². The smallest absolute Gasteiger partial charge is 0.267 e. The first-order valence-electron chi connectivity index (χ1n) is 10.1. The molecule has 2 N–H and O–H groups in total. The van der Waals surface area contributed by atoms with Crippen LogP contribution >= 0.6 is 11.6 Å². The molecule has 0 spiro atoms. The zero-order valence-electron chi connectivity index (χ0n) is 18.0. The number of nitrogens with one attached hydrogen (secondary N) is 1. The van der Waals surface area contributed by atoms with E-state index in [1.165, 1.54) is 19.3 Å². The molecule has 0 aliphatic heterocycles. The Balaban J connectivity index is 1.70. The van der Waals surface area contributed by atoms with Gasteiger partial charge in [-0.1, -0.05) is 11.6 Å². The highest BCUT2D eigenvalue weighted by molar-refractivity contribution is 7.92. The average Bonchev–Trinajstić information content (AvgIpc) is 3.61. The fourth-order valence-corrected chi connectivity index (χ4v) is 4.33. The van der Waals surface area contributed by atoms with Gasteiger partial charge in [-0.2, -0.15) is 0 Å². The topological polar surface area (TPSA) is 114 Å². The van der Waals surface area contributed by atoms with Crippen LogP contribution in [0, 0.1) is 11.6 Å². The van der Waals surface area contributed by atoms with E-state index >= 15 is 4.39 Å². The molecule has 2 aromatic heterocycles. The number of anilines is 1. The molecule has 0 bridgehead atoms. The Morgan fingerprint density at radius 1 is 1.15 bits per heavy atom. The zero-order valence-corrected chi connectivity index (χ0v) is 19.6. The molecule has 34 heavy (non-hydrogen) atoms. The van der Waals surface area contributed by atoms with Crippen molar-refractivity contribution in [3.63, 3.8) is 0 Å². The third kappa shape index (κ3) is 4.95. The Kier molecular flexibility index (Phi) is 6.41. The van der Waals surface area contributed by atoms with Crippen molar-refractivity contribution in [1.82, 2.24) is 15.0 Å². The van der Waals surface area contributed by atoms with Crippen molar-refractivity contribution >= 4 is 32.9 Å². The minimum Gasteiger partial charge on any atom is -0.512 e. The van der Waals surface area contributed by atoms with Gasteiger partial charge in [-0.15, -0.1) is 0 Å². The van der Waals surface area contributed by atoms with Gasteiger partial charge in [0, 0.05) is 11.8 Å². The Hall–Kier alpha value is -3.31. The highest BCUT2D eigenvalue weighted by atomic mass is 35.5. The van der Waals surface area contributed by atoms with E-state index in [2.05, 4.69) is 19.7 Å². The van der Waals surface area contributed by atoms with Gasteiger partial charge < -0.3 is 9.84 Å². The van der Waals surface area contributed by atoms with Gasteiger partial charge >= 0.3 is 0 Å². The summed E-state index contributed by atoms with van der Waals surface area (Å²) in [5.74, 6) is -2.28. The Morgan fingerprint density at radius 3 is 2.50 bits per heavy atom. The second-order valence-electron chi connectivity index (χ2n) is 7.66. The van der Waals surface area contributed by atoms with Gasteiger partial charge in [0.15, 0.2) is 10.7 Å². The van der Waals surface area contributed by atoms with Crippen molar-refractivity contribution in [2.75, 3.05) is 4.72 Å². The zero-order chi connectivity index (χ0) is 24.6. The summed E-state index contributed by atoms with van der Waals surface area (Å²) in [7, 11) is -4.40. The summed E-state index contributed by atoms with van der Waals surface area (Å²) in [6.45, 7) is 3.08. The van der Waals surface area contributed by atoms with E-state index in [0.29, 0.717) is 11.3 Å². The first-order chi connectivity index (χ1) is 16.1. The number of aromatic nitrogens is 3. The van der Waals surface area contributed by atoms with Gasteiger partial charge in [-0.25, -0.2) is 22.2 Å². The number of nitrogens with zero attached hydrogens (tertiary/aromatic N) is 3. The highest BCUT2D eigenvalue weighted by Crippen LogP contribution is 2.34. The van der Waals surface area contributed by atoms with E-state index in [1.54, 1.807) is 6.92 Å². The lowest BCUT2D eigenvalue weighted by atomic mass is 10.1. The number of aliphatic hydroxyl groups excluding tert-OH is 1. The van der Waals surface area contributed by atoms with Gasteiger partial charge in [0.25, 0.3) is 10.0 Å². The quantitative estimate of drug-likeness (QED) is 0.425. The number of sulfonamides is 1. The van der Waals surface area contributed by atoms with E-state index in [9.17, 15) is 17.9 Å². The van der Waals surface area contributed by atoms with Crippen LogP contribution in [-0.4, -0.2) is 34.6 Å². The van der Waals surface area contributed by atoms with E-state index in [1.807, 2.05) is 0 Å². The minimum atomic E-state index is -4.40. The lowest BCUT2D eigenvalue weighted by Crippen LogP contribution is -2.17. The van der Waals surface area contributed by atoms with Crippen molar-refractivity contribution in [3.05, 3.63) is 64.9 Å². The molecule has 0 radical (unpaired) electrons. The maximum absolute atomic E-state index is 15.3. The SMILES string of the molecule is C/C(O)=C(\C)c1cnc(-c2c(F)ccc(NS(=O)(=O)c3cc(Cl)cnc3OC3CC3)c2F)cn1. The van der Waals surface area contributed by atoms with Crippen LogP contribution in [0.15, 0.2) is 47.4 Å². The van der Waals surface area contributed by atoms with Crippen molar-refractivity contribution in [3.8, 4) is 17.1 Å². The number of hydrogen-bond acceptors (Lipinski definition) is 7. The number of halogens is 3. The van der Waals surface area contributed by atoms with Gasteiger partial charge in [-0.05, 0) is 44.9 Å². The van der Waals surface area contributed by atoms with Crippen LogP contribution in [0.4, 0.5) is 14.5 Å². The molecule has 0 atom stereocenters. The second-order valence-corrected chi connectivity index (χ2v) is 9.75. The molecule has 1 saturated carbocycles. The predicted octanol–water partition coefficient (Wildman–Crippen LogP) is 5.12. The molecule has 12 heteroatoms. The van der Waals surface area contributed by atoms with Gasteiger partial charge in [0.2, 0.25) is 5.88 Å². The third-order valence-corrected chi connectivity index (χ3v) is 6.61. The number of pyridine rings is 1. The van der Waals surface area contributed by atoms with Crippen molar-refractivity contribution in [2.24, 2.45) is 0 Å². The summed E-state index contributed by atoms with van der Waals surface area (Å²) in [6.07, 6.45) is 5.00. The molecule has 0 saturated heterocycles. The third-order valence-electron chi connectivity index (χ3n) is 5.05. The second kappa shape index (κ2) is 9.15. The summed E-state index contributed by atoms with van der Waals surface area (Å²) < 4.78 is 63.6. The lowest BCUT2D eigenvalue weighted by Gasteiger charge is -2.14. The fourth-order valence-electron chi connectivity index (χ4n) is 2.93. The summed E-state index contributed by atoms with van der Waals surface area (Å²) >= 11 is 5.92. The van der Waals surface area contributed by atoms with E-state index in [4.69, 9.17) is 16.3 Å². The lowest BCUT2D eigenvalue weighted by molar-refractivity contribution is 0.282. The van der Waals surface area contributed by atoms with Crippen LogP contribution < -0.4 is 9.46 Å². The molecule has 1 aromatic carbocycles. The molecule has 2 heterocycles. The monoisotopic (exact) mass is 508 g/mol. The van der Waals surface area contributed by atoms with E-state index < -0.39 is 32.9 Å².